The summed E-state index contributed by atoms with van der Waals surface area (Å²) in [5.74, 6) is -1.40. The maximum Gasteiger partial charge on any atom is 0.338 e. The summed E-state index contributed by atoms with van der Waals surface area (Å²) in [5.41, 5.74) is -0.447. The molecule has 0 amide bonds. The predicted octanol–water partition coefficient (Wildman–Crippen LogP) is 2.54. The first-order valence-corrected chi connectivity index (χ1v) is 7.30. The molecular formula is C11H11Cl2NO4S. The second-order valence-electron chi connectivity index (χ2n) is 3.69. The lowest BCUT2D eigenvalue weighted by atomic mass is 10.2. The molecule has 0 saturated heterocycles. The van der Waals surface area contributed by atoms with Gasteiger partial charge in [-0.2, -0.15) is 0 Å². The van der Waals surface area contributed by atoms with Crippen LogP contribution in [0, 0.1) is 0 Å². The van der Waals surface area contributed by atoms with Gasteiger partial charge in [-0.15, -0.1) is 6.58 Å². The van der Waals surface area contributed by atoms with E-state index in [1.807, 2.05) is 0 Å². The van der Waals surface area contributed by atoms with Crippen LogP contribution in [0.2, 0.25) is 10.0 Å². The molecule has 0 saturated carbocycles. The van der Waals surface area contributed by atoms with Crippen LogP contribution in [0.15, 0.2) is 29.7 Å². The quantitative estimate of drug-likeness (QED) is 0.815. The van der Waals surface area contributed by atoms with Crippen LogP contribution in [0.4, 0.5) is 0 Å². The number of nitrogens with one attached hydrogen (secondary N) is 1. The van der Waals surface area contributed by atoms with E-state index < -0.39 is 32.6 Å². The van der Waals surface area contributed by atoms with Gasteiger partial charge in [0.15, 0.2) is 0 Å². The first kappa shape index (κ1) is 16.0. The van der Waals surface area contributed by atoms with Crippen molar-refractivity contribution in [2.75, 3.05) is 0 Å². The third-order valence-electron chi connectivity index (χ3n) is 2.25. The van der Waals surface area contributed by atoms with Gasteiger partial charge in [0.05, 0.1) is 15.6 Å². The summed E-state index contributed by atoms with van der Waals surface area (Å²) in [7, 11) is -3.95. The number of sulfonamides is 1. The predicted molar refractivity (Wildman–Crippen MR) is 73.4 cm³/mol. The average molecular weight is 324 g/mol. The van der Waals surface area contributed by atoms with Crippen LogP contribution in [0.1, 0.15) is 17.3 Å². The maximum absolute atomic E-state index is 12.0. The van der Waals surface area contributed by atoms with Crippen molar-refractivity contribution < 1.29 is 18.3 Å². The van der Waals surface area contributed by atoms with Crippen molar-refractivity contribution in [1.82, 2.24) is 4.72 Å². The van der Waals surface area contributed by atoms with Crippen molar-refractivity contribution in [3.8, 4) is 0 Å². The second-order valence-corrected chi connectivity index (χ2v) is 6.15. The van der Waals surface area contributed by atoms with Gasteiger partial charge in [0.2, 0.25) is 10.0 Å². The van der Waals surface area contributed by atoms with Crippen LogP contribution in [0.3, 0.4) is 0 Å². The highest BCUT2D eigenvalue weighted by Crippen LogP contribution is 2.31. The van der Waals surface area contributed by atoms with Gasteiger partial charge in [-0.25, -0.2) is 17.9 Å². The van der Waals surface area contributed by atoms with Gasteiger partial charge < -0.3 is 5.11 Å². The molecule has 0 spiro atoms. The van der Waals surface area contributed by atoms with Crippen LogP contribution in [0.25, 0.3) is 0 Å². The third kappa shape index (κ3) is 3.48. The van der Waals surface area contributed by atoms with Gasteiger partial charge in [-0.1, -0.05) is 29.3 Å². The number of aromatic carboxylic acids is 1. The molecule has 1 aromatic carbocycles. The topological polar surface area (TPSA) is 83.5 Å². The van der Waals surface area contributed by atoms with Crippen molar-refractivity contribution in [3.63, 3.8) is 0 Å². The molecule has 2 N–H and O–H groups in total. The fourth-order valence-corrected chi connectivity index (χ4v) is 3.43. The maximum atomic E-state index is 12.0. The van der Waals surface area contributed by atoms with Gasteiger partial charge in [0.1, 0.15) is 4.90 Å². The molecule has 8 heteroatoms. The Morgan fingerprint density at radius 3 is 2.53 bits per heavy atom. The molecule has 0 radical (unpaired) electrons. The Morgan fingerprint density at radius 1 is 1.47 bits per heavy atom. The molecule has 104 valence electrons. The van der Waals surface area contributed by atoms with Gasteiger partial charge in [-0.05, 0) is 19.1 Å². The zero-order valence-electron chi connectivity index (χ0n) is 9.85. The third-order valence-corrected chi connectivity index (χ3v) is 4.67. The number of halogens is 2. The molecule has 19 heavy (non-hydrogen) atoms. The smallest absolute Gasteiger partial charge is 0.338 e. The van der Waals surface area contributed by atoms with Crippen LogP contribution < -0.4 is 4.72 Å². The Labute approximate surface area is 120 Å². The van der Waals surface area contributed by atoms with E-state index in [9.17, 15) is 13.2 Å². The molecule has 0 aliphatic heterocycles. The van der Waals surface area contributed by atoms with Crippen LogP contribution in [-0.2, 0) is 10.0 Å². The summed E-state index contributed by atoms with van der Waals surface area (Å²) in [6.45, 7) is 5.02. The fourth-order valence-electron chi connectivity index (χ4n) is 1.29. The molecule has 0 fully saturated rings. The number of carbonyl (C=O) groups is 1. The number of hydrogen-bond acceptors (Lipinski definition) is 3. The first-order valence-electron chi connectivity index (χ1n) is 5.07. The number of hydrogen-bond donors (Lipinski definition) is 2. The van der Waals surface area contributed by atoms with E-state index in [1.54, 1.807) is 6.92 Å². The fraction of sp³-hybridized carbons (Fsp3) is 0.182. The summed E-state index contributed by atoms with van der Waals surface area (Å²) in [5, 5.41) is 8.41. The molecule has 1 atom stereocenters. The summed E-state index contributed by atoms with van der Waals surface area (Å²) in [4.78, 5) is 10.7. The van der Waals surface area contributed by atoms with Gasteiger partial charge in [0, 0.05) is 6.04 Å². The van der Waals surface area contributed by atoms with Gasteiger partial charge >= 0.3 is 5.97 Å². The molecule has 1 rings (SSSR count). The van der Waals surface area contributed by atoms with E-state index in [4.69, 9.17) is 28.3 Å². The highest BCUT2D eigenvalue weighted by molar-refractivity contribution is 7.89. The number of benzene rings is 1. The summed E-state index contributed by atoms with van der Waals surface area (Å²) in [6.07, 6.45) is 1.39. The zero-order chi connectivity index (χ0) is 14.8. The Hall–Kier alpha value is -1.08. The van der Waals surface area contributed by atoms with E-state index in [0.717, 1.165) is 6.07 Å². The van der Waals surface area contributed by atoms with Crippen molar-refractivity contribution >= 4 is 39.2 Å². The molecule has 0 bridgehead atoms. The van der Waals surface area contributed by atoms with E-state index in [1.165, 1.54) is 12.1 Å². The van der Waals surface area contributed by atoms with Crippen molar-refractivity contribution in [1.29, 1.82) is 0 Å². The molecule has 0 aliphatic carbocycles. The Morgan fingerprint density at radius 2 is 2.05 bits per heavy atom. The zero-order valence-corrected chi connectivity index (χ0v) is 12.2. The molecule has 0 aliphatic rings. The SMILES string of the molecule is C=CC(C)NS(=O)(=O)c1ccc(Cl)c(C(=O)O)c1Cl. The highest BCUT2D eigenvalue weighted by Gasteiger charge is 2.25. The largest absolute Gasteiger partial charge is 0.478 e. The molecule has 5 nitrogen and oxygen atoms in total. The minimum atomic E-state index is -3.95. The minimum Gasteiger partial charge on any atom is -0.478 e. The van der Waals surface area contributed by atoms with Crippen LogP contribution >= 0.6 is 23.2 Å². The molecule has 1 unspecified atom stereocenters. The monoisotopic (exact) mass is 323 g/mol. The number of carboxylic acids is 1. The van der Waals surface area contributed by atoms with Gasteiger partial charge in [0.25, 0.3) is 0 Å². The lowest BCUT2D eigenvalue weighted by molar-refractivity contribution is 0.0697. The summed E-state index contributed by atoms with van der Waals surface area (Å²) >= 11 is 11.5. The van der Waals surface area contributed by atoms with E-state index in [-0.39, 0.29) is 9.92 Å². The van der Waals surface area contributed by atoms with E-state index in [2.05, 4.69) is 11.3 Å². The summed E-state index contributed by atoms with van der Waals surface area (Å²) in [6, 6.07) is 1.80. The van der Waals surface area contributed by atoms with Crippen molar-refractivity contribution in [2.45, 2.75) is 17.9 Å². The van der Waals surface area contributed by atoms with E-state index >= 15 is 0 Å². The number of carboxylic acid groups (broad SMARTS) is 1. The second kappa shape index (κ2) is 5.92. The van der Waals surface area contributed by atoms with Crippen molar-refractivity contribution in [2.24, 2.45) is 0 Å². The average Bonchev–Trinajstić information content (AvgIpc) is 2.27. The lowest BCUT2D eigenvalue weighted by Gasteiger charge is -2.13. The normalized spacial score (nSPS) is 13.0. The highest BCUT2D eigenvalue weighted by atomic mass is 35.5. The number of rotatable bonds is 5. The van der Waals surface area contributed by atoms with Gasteiger partial charge in [-0.3, -0.25) is 0 Å². The Kier molecular flexibility index (Phi) is 4.98. The Balaban J connectivity index is 3.41. The van der Waals surface area contributed by atoms with Crippen LogP contribution in [0.5, 0.6) is 0 Å². The van der Waals surface area contributed by atoms with Crippen molar-refractivity contribution in [3.05, 3.63) is 40.4 Å². The molecular weight excluding hydrogens is 313 g/mol. The van der Waals surface area contributed by atoms with Crippen LogP contribution in [-0.4, -0.2) is 25.5 Å². The Bertz CT molecular complexity index is 628. The molecule has 0 heterocycles. The summed E-state index contributed by atoms with van der Waals surface area (Å²) < 4.78 is 26.3. The van der Waals surface area contributed by atoms with E-state index in [0.29, 0.717) is 0 Å². The first-order chi connectivity index (χ1) is 8.70. The lowest BCUT2D eigenvalue weighted by Crippen LogP contribution is -2.31. The minimum absolute atomic E-state index is 0.131. The standard InChI is InChI=1S/C11H11Cl2NO4S/c1-3-6(2)14-19(17,18)8-5-4-7(12)9(10(8)13)11(15)16/h3-6,14H,1H2,2H3,(H,15,16). The molecule has 0 aromatic heterocycles. The molecule has 1 aromatic rings.